The molecule has 5 nitrogen and oxygen atoms in total. The number of nitrogens with zero attached hydrogens (tertiary/aromatic N) is 1. The number of methoxy groups -OCH3 is 1. The van der Waals surface area contributed by atoms with E-state index in [9.17, 15) is 0 Å². The number of halogens is 1. The molecule has 0 spiro atoms. The molecule has 0 saturated carbocycles. The Balaban J connectivity index is 1.98. The minimum atomic E-state index is 0.398. The van der Waals surface area contributed by atoms with E-state index >= 15 is 0 Å². The Labute approximate surface area is 163 Å². The largest absolute Gasteiger partial charge is 0.493 e. The van der Waals surface area contributed by atoms with Crippen molar-refractivity contribution in [1.29, 1.82) is 0 Å². The van der Waals surface area contributed by atoms with Crippen LogP contribution >= 0.6 is 23.8 Å². The molecule has 0 aromatic heterocycles. The maximum absolute atomic E-state index is 5.99. The van der Waals surface area contributed by atoms with Crippen LogP contribution in [0.3, 0.4) is 0 Å². The summed E-state index contributed by atoms with van der Waals surface area (Å²) >= 11 is 11.0. The Kier molecular flexibility index (Phi) is 7.92. The lowest BCUT2D eigenvalue weighted by atomic mass is 10.2. The van der Waals surface area contributed by atoms with Crippen LogP contribution in [0.25, 0.3) is 0 Å². The van der Waals surface area contributed by atoms with E-state index in [1.54, 1.807) is 19.4 Å². The van der Waals surface area contributed by atoms with E-state index in [-0.39, 0.29) is 0 Å². The summed E-state index contributed by atoms with van der Waals surface area (Å²) in [5.41, 5.74) is 4.55. The van der Waals surface area contributed by atoms with Crippen LogP contribution in [0.15, 0.2) is 60.2 Å². The summed E-state index contributed by atoms with van der Waals surface area (Å²) in [6.45, 7) is 4.58. The molecule has 2 N–H and O–H groups in total. The van der Waals surface area contributed by atoms with Crippen LogP contribution in [0.4, 0.5) is 0 Å². The van der Waals surface area contributed by atoms with E-state index in [2.05, 4.69) is 22.4 Å². The first kappa shape index (κ1) is 19.8. The van der Waals surface area contributed by atoms with Gasteiger partial charge in [-0.25, -0.2) is 0 Å². The van der Waals surface area contributed by atoms with Gasteiger partial charge in [-0.1, -0.05) is 29.8 Å². The molecule has 26 heavy (non-hydrogen) atoms. The molecule has 0 aliphatic rings. The summed E-state index contributed by atoms with van der Waals surface area (Å²) < 4.78 is 11.2. The third-order valence-corrected chi connectivity index (χ3v) is 3.73. The number of hydrogen-bond acceptors (Lipinski definition) is 4. The van der Waals surface area contributed by atoms with Crippen molar-refractivity contribution in [3.63, 3.8) is 0 Å². The van der Waals surface area contributed by atoms with Crippen molar-refractivity contribution in [2.45, 2.75) is 6.61 Å². The van der Waals surface area contributed by atoms with E-state index in [1.165, 1.54) is 0 Å². The molecule has 2 aromatic carbocycles. The van der Waals surface area contributed by atoms with Gasteiger partial charge in [0.1, 0.15) is 6.61 Å². The van der Waals surface area contributed by atoms with Crippen molar-refractivity contribution < 1.29 is 9.47 Å². The minimum Gasteiger partial charge on any atom is -0.493 e. The van der Waals surface area contributed by atoms with Crippen molar-refractivity contribution in [3.05, 3.63) is 71.3 Å². The van der Waals surface area contributed by atoms with Gasteiger partial charge in [0.05, 0.1) is 13.3 Å². The fraction of sp³-hybridized carbons (Fsp3) is 0.158. The molecular formula is C19H20ClN3O2S. The van der Waals surface area contributed by atoms with E-state index in [0.717, 1.165) is 11.1 Å². The fourth-order valence-electron chi connectivity index (χ4n) is 2.04. The molecule has 0 fully saturated rings. The van der Waals surface area contributed by atoms with Gasteiger partial charge in [0, 0.05) is 11.6 Å². The van der Waals surface area contributed by atoms with Crippen molar-refractivity contribution in [1.82, 2.24) is 10.7 Å². The number of ether oxygens (including phenoxy) is 2. The molecule has 2 aromatic rings. The number of benzene rings is 2. The number of hydrogen-bond donors (Lipinski definition) is 2. The molecule has 0 aliphatic carbocycles. The lowest BCUT2D eigenvalue weighted by molar-refractivity contribution is 0.284. The SMILES string of the molecule is C=CCNC(=S)N/N=C/c1ccc(OCc2cccc(Cl)c2)c(OC)c1. The highest BCUT2D eigenvalue weighted by Crippen LogP contribution is 2.28. The van der Waals surface area contributed by atoms with Crippen molar-refractivity contribution in [3.8, 4) is 11.5 Å². The Bertz CT molecular complexity index is 796. The van der Waals surface area contributed by atoms with E-state index < -0.39 is 0 Å². The summed E-state index contributed by atoms with van der Waals surface area (Å²) in [6, 6.07) is 13.1. The van der Waals surface area contributed by atoms with Crippen LogP contribution in [0.5, 0.6) is 11.5 Å². The normalized spacial score (nSPS) is 10.4. The minimum absolute atomic E-state index is 0.398. The summed E-state index contributed by atoms with van der Waals surface area (Å²) in [5, 5.41) is 8.10. The second-order valence-electron chi connectivity index (χ2n) is 5.20. The number of hydrazone groups is 1. The van der Waals surface area contributed by atoms with Crippen molar-refractivity contribution in [2.24, 2.45) is 5.10 Å². The lowest BCUT2D eigenvalue weighted by Gasteiger charge is -2.11. The number of thiocarbonyl (C=S) groups is 1. The highest BCUT2D eigenvalue weighted by molar-refractivity contribution is 7.80. The van der Waals surface area contributed by atoms with Gasteiger partial charge in [0.15, 0.2) is 16.6 Å². The van der Waals surface area contributed by atoms with Crippen molar-refractivity contribution >= 4 is 35.1 Å². The monoisotopic (exact) mass is 389 g/mol. The Morgan fingerprint density at radius 3 is 2.85 bits per heavy atom. The maximum atomic E-state index is 5.99. The molecule has 136 valence electrons. The molecule has 0 aliphatic heterocycles. The molecule has 0 bridgehead atoms. The van der Waals surface area contributed by atoms with Gasteiger partial charge in [-0.2, -0.15) is 5.10 Å². The molecule has 0 amide bonds. The second-order valence-corrected chi connectivity index (χ2v) is 6.04. The van der Waals surface area contributed by atoms with Crippen molar-refractivity contribution in [2.75, 3.05) is 13.7 Å². The Morgan fingerprint density at radius 2 is 2.12 bits per heavy atom. The molecule has 0 heterocycles. The summed E-state index contributed by atoms with van der Waals surface area (Å²) in [5.74, 6) is 1.25. The van der Waals surface area contributed by atoms with Crippen LogP contribution < -0.4 is 20.2 Å². The molecule has 0 saturated heterocycles. The standard InChI is InChI=1S/C19H20ClN3O2S/c1-3-9-21-19(26)23-22-12-14-7-8-17(18(11-14)24-2)25-13-15-5-4-6-16(20)10-15/h3-8,10-12H,1,9,13H2,2H3,(H2,21,23,26)/b22-12+. The molecular weight excluding hydrogens is 370 g/mol. The first-order valence-electron chi connectivity index (χ1n) is 7.85. The Morgan fingerprint density at radius 1 is 1.27 bits per heavy atom. The van der Waals surface area contributed by atoms with E-state index in [0.29, 0.717) is 34.8 Å². The Hall–Kier alpha value is -2.57. The summed E-state index contributed by atoms with van der Waals surface area (Å²) in [6.07, 6.45) is 3.36. The van der Waals surface area contributed by atoms with Crippen LogP contribution in [0, 0.1) is 0 Å². The van der Waals surface area contributed by atoms with Gasteiger partial charge in [-0.15, -0.1) is 6.58 Å². The summed E-state index contributed by atoms with van der Waals surface area (Å²) in [7, 11) is 1.59. The quantitative estimate of drug-likeness (QED) is 0.310. The van der Waals surface area contributed by atoms with Crippen LogP contribution in [-0.4, -0.2) is 25.0 Å². The maximum Gasteiger partial charge on any atom is 0.187 e. The van der Waals surface area contributed by atoms with Gasteiger partial charge in [-0.3, -0.25) is 5.43 Å². The van der Waals surface area contributed by atoms with E-state index in [4.69, 9.17) is 33.3 Å². The van der Waals surface area contributed by atoms with Gasteiger partial charge in [0.2, 0.25) is 0 Å². The second kappa shape index (κ2) is 10.4. The molecule has 0 radical (unpaired) electrons. The molecule has 2 rings (SSSR count). The first-order valence-corrected chi connectivity index (χ1v) is 8.64. The van der Waals surface area contributed by atoms with Gasteiger partial charge in [-0.05, 0) is 53.7 Å². The first-order chi connectivity index (χ1) is 12.6. The zero-order chi connectivity index (χ0) is 18.8. The predicted octanol–water partition coefficient (Wildman–Crippen LogP) is 3.91. The van der Waals surface area contributed by atoms with Crippen LogP contribution in [-0.2, 0) is 6.61 Å². The molecule has 0 atom stereocenters. The van der Waals surface area contributed by atoms with Crippen LogP contribution in [0.2, 0.25) is 5.02 Å². The zero-order valence-electron chi connectivity index (χ0n) is 14.4. The van der Waals surface area contributed by atoms with Gasteiger partial charge < -0.3 is 14.8 Å². The molecule has 7 heteroatoms. The summed E-state index contributed by atoms with van der Waals surface area (Å²) in [4.78, 5) is 0. The highest BCUT2D eigenvalue weighted by atomic mass is 35.5. The average molecular weight is 390 g/mol. The molecule has 0 unspecified atom stereocenters. The van der Waals surface area contributed by atoms with E-state index in [1.807, 2.05) is 42.5 Å². The highest BCUT2D eigenvalue weighted by Gasteiger charge is 2.06. The topological polar surface area (TPSA) is 54.9 Å². The fourth-order valence-corrected chi connectivity index (χ4v) is 2.39. The zero-order valence-corrected chi connectivity index (χ0v) is 15.9. The number of rotatable bonds is 8. The lowest BCUT2D eigenvalue weighted by Crippen LogP contribution is -2.31. The van der Waals surface area contributed by atoms with Gasteiger partial charge in [0.25, 0.3) is 0 Å². The average Bonchev–Trinajstić information content (AvgIpc) is 2.65. The van der Waals surface area contributed by atoms with Gasteiger partial charge >= 0.3 is 0 Å². The number of nitrogens with one attached hydrogen (secondary N) is 2. The van der Waals surface area contributed by atoms with Crippen LogP contribution in [0.1, 0.15) is 11.1 Å². The third-order valence-electron chi connectivity index (χ3n) is 3.26. The third kappa shape index (κ3) is 6.38. The smallest absolute Gasteiger partial charge is 0.187 e. The predicted molar refractivity (Wildman–Crippen MR) is 110 cm³/mol.